The lowest BCUT2D eigenvalue weighted by atomic mass is 9.97. The van der Waals surface area contributed by atoms with E-state index in [9.17, 15) is 5.11 Å². The summed E-state index contributed by atoms with van der Waals surface area (Å²) in [7, 11) is 0. The van der Waals surface area contributed by atoms with Crippen LogP contribution in [0.3, 0.4) is 0 Å². The van der Waals surface area contributed by atoms with Gasteiger partial charge in [0.15, 0.2) is 0 Å². The maximum Gasteiger partial charge on any atom is 0.119 e. The van der Waals surface area contributed by atoms with E-state index in [2.05, 4.69) is 33.8 Å². The number of aryl methyl sites for hydroxylation is 1. The molecular weight excluding hydrogens is 220 g/mol. The van der Waals surface area contributed by atoms with Crippen LogP contribution in [0.15, 0.2) is 41.2 Å². The van der Waals surface area contributed by atoms with Crippen molar-refractivity contribution in [2.45, 2.75) is 47.0 Å². The number of aliphatic hydroxyl groups is 1. The van der Waals surface area contributed by atoms with Gasteiger partial charge in [-0.1, -0.05) is 50.6 Å². The minimum atomic E-state index is 0.422. The highest BCUT2D eigenvalue weighted by molar-refractivity contribution is 5.59. The molecule has 1 aromatic carbocycles. The topological polar surface area (TPSA) is 20.2 Å². The molecule has 18 heavy (non-hydrogen) atoms. The van der Waals surface area contributed by atoms with E-state index in [1.165, 1.54) is 11.1 Å². The first-order chi connectivity index (χ1) is 8.63. The molecule has 1 rings (SSSR count). The van der Waals surface area contributed by atoms with E-state index in [-0.39, 0.29) is 0 Å². The van der Waals surface area contributed by atoms with E-state index < -0.39 is 0 Å². The van der Waals surface area contributed by atoms with Crippen LogP contribution in [-0.4, -0.2) is 5.11 Å². The van der Waals surface area contributed by atoms with Crippen LogP contribution in [0.1, 0.15) is 51.2 Å². The van der Waals surface area contributed by atoms with E-state index in [1.54, 1.807) is 0 Å². The molecule has 0 amide bonds. The molecule has 0 saturated carbocycles. The van der Waals surface area contributed by atoms with Crippen molar-refractivity contribution in [1.82, 2.24) is 0 Å². The molecule has 0 saturated heterocycles. The molecule has 0 heterocycles. The Hall–Kier alpha value is -1.50. The van der Waals surface area contributed by atoms with Crippen LogP contribution >= 0.6 is 0 Å². The minimum absolute atomic E-state index is 0.422. The summed E-state index contributed by atoms with van der Waals surface area (Å²) >= 11 is 0. The average molecular weight is 244 g/mol. The number of benzene rings is 1. The van der Waals surface area contributed by atoms with Gasteiger partial charge in [-0.3, -0.25) is 0 Å². The van der Waals surface area contributed by atoms with Gasteiger partial charge in [0.25, 0.3) is 0 Å². The van der Waals surface area contributed by atoms with E-state index in [0.29, 0.717) is 5.76 Å². The number of rotatable bonds is 5. The van der Waals surface area contributed by atoms with Crippen LogP contribution in [0, 0.1) is 6.92 Å². The lowest BCUT2D eigenvalue weighted by Gasteiger charge is -2.11. The first kappa shape index (κ1) is 14.6. The third-order valence-corrected chi connectivity index (χ3v) is 3.42. The molecule has 0 aliphatic heterocycles. The Kier molecular flexibility index (Phi) is 5.70. The fraction of sp³-hybridized carbons (Fsp3) is 0.412. The molecule has 1 N–H and O–H groups in total. The van der Waals surface area contributed by atoms with Gasteiger partial charge in [0.05, 0.1) is 0 Å². The van der Waals surface area contributed by atoms with E-state index in [1.807, 2.05) is 24.3 Å². The fourth-order valence-electron chi connectivity index (χ4n) is 2.27. The predicted molar refractivity (Wildman–Crippen MR) is 79.7 cm³/mol. The molecule has 0 fully saturated rings. The maximum atomic E-state index is 10.3. The van der Waals surface area contributed by atoms with Crippen LogP contribution in [0.4, 0.5) is 0 Å². The third kappa shape index (κ3) is 3.49. The van der Waals surface area contributed by atoms with E-state index in [0.717, 1.165) is 30.4 Å². The van der Waals surface area contributed by atoms with Crippen LogP contribution in [0.5, 0.6) is 0 Å². The van der Waals surface area contributed by atoms with Crippen LogP contribution in [0.2, 0.25) is 0 Å². The zero-order chi connectivity index (χ0) is 13.5. The third-order valence-electron chi connectivity index (χ3n) is 3.42. The second kappa shape index (κ2) is 7.05. The molecule has 0 atom stereocenters. The zero-order valence-corrected chi connectivity index (χ0v) is 12.0. The summed E-state index contributed by atoms with van der Waals surface area (Å²) < 4.78 is 0. The smallest absolute Gasteiger partial charge is 0.119 e. The summed E-state index contributed by atoms with van der Waals surface area (Å²) in [6.07, 6.45) is 4.78. The Morgan fingerprint density at radius 2 is 1.67 bits per heavy atom. The van der Waals surface area contributed by atoms with E-state index >= 15 is 0 Å². The Labute approximate surface area is 111 Å². The van der Waals surface area contributed by atoms with Crippen LogP contribution in [-0.2, 0) is 0 Å². The highest BCUT2D eigenvalue weighted by atomic mass is 16.3. The molecule has 0 aromatic heterocycles. The standard InChI is InChI=1S/C17H24O/c1-5-14(6-2)16(7-3)17(18)12-15-11-9-8-10-13(15)4/h8-12,18H,5-7H2,1-4H3/b17-12+. The molecule has 1 aromatic rings. The van der Waals surface area contributed by atoms with Crippen molar-refractivity contribution < 1.29 is 5.11 Å². The highest BCUT2D eigenvalue weighted by Crippen LogP contribution is 2.24. The summed E-state index contributed by atoms with van der Waals surface area (Å²) in [5, 5.41) is 10.3. The van der Waals surface area contributed by atoms with Gasteiger partial charge < -0.3 is 5.11 Å². The first-order valence-corrected chi connectivity index (χ1v) is 6.81. The number of allylic oxidation sites excluding steroid dienone is 2. The minimum Gasteiger partial charge on any atom is -0.508 e. The van der Waals surface area contributed by atoms with Crippen molar-refractivity contribution in [2.24, 2.45) is 0 Å². The van der Waals surface area contributed by atoms with Gasteiger partial charge in [-0.25, -0.2) is 0 Å². The zero-order valence-electron chi connectivity index (χ0n) is 12.0. The SMILES string of the molecule is CCC(CC)=C(CC)/C(O)=C\c1ccccc1C. The van der Waals surface area contributed by atoms with Crippen LogP contribution < -0.4 is 0 Å². The Morgan fingerprint density at radius 1 is 1.06 bits per heavy atom. The number of hydrogen-bond donors (Lipinski definition) is 1. The van der Waals surface area contributed by atoms with Crippen molar-refractivity contribution in [3.63, 3.8) is 0 Å². The van der Waals surface area contributed by atoms with E-state index in [4.69, 9.17) is 0 Å². The van der Waals surface area contributed by atoms with Gasteiger partial charge in [0, 0.05) is 0 Å². The molecule has 98 valence electrons. The van der Waals surface area contributed by atoms with Crippen molar-refractivity contribution in [2.75, 3.05) is 0 Å². The summed E-state index contributed by atoms with van der Waals surface area (Å²) in [5.41, 5.74) is 4.73. The Bertz CT molecular complexity index is 446. The molecule has 0 radical (unpaired) electrons. The molecule has 0 unspecified atom stereocenters. The second-order valence-electron chi connectivity index (χ2n) is 4.53. The van der Waals surface area contributed by atoms with Gasteiger partial charge in [-0.15, -0.1) is 0 Å². The van der Waals surface area contributed by atoms with Crippen molar-refractivity contribution in [3.05, 3.63) is 52.3 Å². The van der Waals surface area contributed by atoms with Crippen molar-refractivity contribution in [3.8, 4) is 0 Å². The lowest BCUT2D eigenvalue weighted by molar-refractivity contribution is 0.423. The summed E-state index contributed by atoms with van der Waals surface area (Å²) in [5.74, 6) is 0.422. The molecule has 0 bridgehead atoms. The fourth-order valence-corrected chi connectivity index (χ4v) is 2.27. The second-order valence-corrected chi connectivity index (χ2v) is 4.53. The Morgan fingerprint density at radius 3 is 2.17 bits per heavy atom. The lowest BCUT2D eigenvalue weighted by Crippen LogP contribution is -1.94. The van der Waals surface area contributed by atoms with Crippen LogP contribution in [0.25, 0.3) is 6.08 Å². The largest absolute Gasteiger partial charge is 0.508 e. The number of hydrogen-bond acceptors (Lipinski definition) is 1. The molecule has 0 aliphatic carbocycles. The molecule has 1 heteroatoms. The maximum absolute atomic E-state index is 10.3. The first-order valence-electron chi connectivity index (χ1n) is 6.81. The van der Waals surface area contributed by atoms with Gasteiger partial charge in [0.2, 0.25) is 0 Å². The van der Waals surface area contributed by atoms with Gasteiger partial charge in [-0.2, -0.15) is 0 Å². The summed E-state index contributed by atoms with van der Waals surface area (Å²) in [6.45, 7) is 8.46. The molecular formula is C17H24O. The normalized spacial score (nSPS) is 11.4. The predicted octanol–water partition coefficient (Wildman–Crippen LogP) is 5.42. The molecule has 1 nitrogen and oxygen atoms in total. The molecule has 0 spiro atoms. The highest BCUT2D eigenvalue weighted by Gasteiger charge is 2.07. The van der Waals surface area contributed by atoms with Crippen molar-refractivity contribution >= 4 is 6.08 Å². The van der Waals surface area contributed by atoms with Gasteiger partial charge in [0.1, 0.15) is 5.76 Å². The summed E-state index contributed by atoms with van der Waals surface area (Å²) in [4.78, 5) is 0. The van der Waals surface area contributed by atoms with Crippen molar-refractivity contribution in [1.29, 1.82) is 0 Å². The Balaban J connectivity index is 3.16. The monoisotopic (exact) mass is 244 g/mol. The quantitative estimate of drug-likeness (QED) is 0.541. The average Bonchev–Trinajstić information content (AvgIpc) is 2.38. The van der Waals surface area contributed by atoms with Gasteiger partial charge in [-0.05, 0) is 49.0 Å². The molecule has 0 aliphatic rings. The van der Waals surface area contributed by atoms with Gasteiger partial charge >= 0.3 is 0 Å². The summed E-state index contributed by atoms with van der Waals surface area (Å²) in [6, 6.07) is 8.12. The number of aliphatic hydroxyl groups excluding tert-OH is 1.